The lowest BCUT2D eigenvalue weighted by molar-refractivity contribution is -0.121. The van der Waals surface area contributed by atoms with Crippen LogP contribution < -0.4 is 21.7 Å². The summed E-state index contributed by atoms with van der Waals surface area (Å²) in [6, 6.07) is 2.81. The summed E-state index contributed by atoms with van der Waals surface area (Å²) in [5, 5.41) is 10.8. The first-order valence-electron chi connectivity index (χ1n) is 7.94. The van der Waals surface area contributed by atoms with E-state index in [9.17, 15) is 9.59 Å². The molecule has 0 spiro atoms. The number of nitrogens with zero attached hydrogens (tertiary/aromatic N) is 1. The number of carbonyl (C=O) groups excluding carboxylic acids is 2. The third kappa shape index (κ3) is 6.55. The lowest BCUT2D eigenvalue weighted by Crippen LogP contribution is -2.44. The molecule has 1 aromatic rings. The van der Waals surface area contributed by atoms with Gasteiger partial charge in [-0.15, -0.1) is 11.3 Å². The summed E-state index contributed by atoms with van der Waals surface area (Å²) < 4.78 is 0. The van der Waals surface area contributed by atoms with Gasteiger partial charge >= 0.3 is 6.03 Å². The second-order valence-corrected chi connectivity index (χ2v) is 6.56. The fourth-order valence-electron chi connectivity index (χ4n) is 2.61. The van der Waals surface area contributed by atoms with Gasteiger partial charge in [-0.3, -0.25) is 4.79 Å². The van der Waals surface area contributed by atoms with Crippen LogP contribution in [0.2, 0.25) is 0 Å². The van der Waals surface area contributed by atoms with E-state index >= 15 is 0 Å². The zero-order valence-corrected chi connectivity index (χ0v) is 14.0. The average Bonchev–Trinajstić information content (AvgIpc) is 3.06. The van der Waals surface area contributed by atoms with E-state index in [0.717, 1.165) is 44.0 Å². The number of carbonyl (C=O) groups is 2. The summed E-state index contributed by atoms with van der Waals surface area (Å²) in [4.78, 5) is 26.5. The summed E-state index contributed by atoms with van der Waals surface area (Å²) in [6.45, 7) is 5.85. The molecule has 3 amide bonds. The van der Waals surface area contributed by atoms with Crippen LogP contribution in [0.1, 0.15) is 23.8 Å². The van der Waals surface area contributed by atoms with Crippen molar-refractivity contribution >= 4 is 23.3 Å². The highest BCUT2D eigenvalue weighted by Crippen LogP contribution is 2.21. The Kier molecular flexibility index (Phi) is 7.31. The van der Waals surface area contributed by atoms with Gasteiger partial charge in [0.2, 0.25) is 5.91 Å². The molecule has 7 nitrogen and oxygen atoms in total. The minimum atomic E-state index is -0.616. The lowest BCUT2D eigenvalue weighted by Gasteiger charge is -2.27. The summed E-state index contributed by atoms with van der Waals surface area (Å²) in [6.07, 6.45) is 1.13. The van der Waals surface area contributed by atoms with Gasteiger partial charge in [0.25, 0.3) is 0 Å². The van der Waals surface area contributed by atoms with E-state index in [2.05, 4.69) is 20.9 Å². The normalized spacial score (nSPS) is 16.7. The molecule has 0 saturated carbocycles. The topological polar surface area (TPSA) is 99.5 Å². The van der Waals surface area contributed by atoms with Crippen LogP contribution >= 0.6 is 11.3 Å². The van der Waals surface area contributed by atoms with Gasteiger partial charge in [-0.2, -0.15) is 0 Å². The molecular weight excluding hydrogens is 314 g/mol. The summed E-state index contributed by atoms with van der Waals surface area (Å²) in [5.74, 6) is -0.0718. The maximum Gasteiger partial charge on any atom is 0.312 e. The number of urea groups is 1. The number of nitrogens with one attached hydrogen (secondary N) is 3. The maximum atomic E-state index is 12.1. The van der Waals surface area contributed by atoms with Crippen LogP contribution in [0.4, 0.5) is 4.79 Å². The SMILES string of the molecule is NC(=O)NC(CC(=O)NCCCN1CCNCC1)c1cccs1. The fraction of sp³-hybridized carbons (Fsp3) is 0.600. The fourth-order valence-corrected chi connectivity index (χ4v) is 3.38. The Bertz CT molecular complexity index is 488. The Hall–Kier alpha value is -1.64. The Morgan fingerprint density at radius 1 is 1.39 bits per heavy atom. The van der Waals surface area contributed by atoms with Gasteiger partial charge in [0, 0.05) is 37.6 Å². The minimum Gasteiger partial charge on any atom is -0.356 e. The first kappa shape index (κ1) is 17.7. The highest BCUT2D eigenvalue weighted by molar-refractivity contribution is 7.10. The zero-order valence-electron chi connectivity index (χ0n) is 13.2. The average molecular weight is 339 g/mol. The summed E-state index contributed by atoms with van der Waals surface area (Å²) in [5.41, 5.74) is 5.19. The Labute approximate surface area is 140 Å². The van der Waals surface area contributed by atoms with Crippen molar-refractivity contribution in [1.82, 2.24) is 20.9 Å². The van der Waals surface area contributed by atoms with Crippen LogP contribution in [0, 0.1) is 0 Å². The molecule has 128 valence electrons. The quantitative estimate of drug-likeness (QED) is 0.511. The van der Waals surface area contributed by atoms with Crippen LogP contribution in [0.5, 0.6) is 0 Å². The summed E-state index contributed by atoms with van der Waals surface area (Å²) in [7, 11) is 0. The monoisotopic (exact) mass is 339 g/mol. The minimum absolute atomic E-state index is 0.0718. The van der Waals surface area contributed by atoms with Crippen molar-refractivity contribution in [3.8, 4) is 0 Å². The van der Waals surface area contributed by atoms with E-state index in [-0.39, 0.29) is 18.4 Å². The molecule has 1 unspecified atom stereocenters. The third-order valence-electron chi connectivity index (χ3n) is 3.78. The van der Waals surface area contributed by atoms with Crippen LogP contribution in [-0.4, -0.2) is 56.1 Å². The first-order valence-corrected chi connectivity index (χ1v) is 8.82. The number of hydrogen-bond acceptors (Lipinski definition) is 5. The molecule has 1 fully saturated rings. The van der Waals surface area contributed by atoms with E-state index in [1.165, 1.54) is 11.3 Å². The van der Waals surface area contributed by atoms with E-state index in [0.29, 0.717) is 6.54 Å². The molecule has 8 heteroatoms. The Morgan fingerprint density at radius 3 is 2.83 bits per heavy atom. The number of thiophene rings is 1. The van der Waals surface area contributed by atoms with E-state index in [1.54, 1.807) is 0 Å². The Morgan fingerprint density at radius 2 is 2.17 bits per heavy atom. The van der Waals surface area contributed by atoms with Crippen molar-refractivity contribution in [2.24, 2.45) is 5.73 Å². The molecule has 2 heterocycles. The van der Waals surface area contributed by atoms with Crippen molar-refractivity contribution in [3.63, 3.8) is 0 Å². The van der Waals surface area contributed by atoms with Gasteiger partial charge in [-0.25, -0.2) is 4.79 Å². The number of piperazine rings is 1. The number of rotatable bonds is 8. The lowest BCUT2D eigenvalue weighted by atomic mass is 10.1. The van der Waals surface area contributed by atoms with E-state index < -0.39 is 6.03 Å². The third-order valence-corrected chi connectivity index (χ3v) is 4.76. The smallest absolute Gasteiger partial charge is 0.312 e. The number of nitrogens with two attached hydrogens (primary N) is 1. The molecule has 1 saturated heterocycles. The molecule has 0 aliphatic carbocycles. The molecule has 23 heavy (non-hydrogen) atoms. The second-order valence-electron chi connectivity index (χ2n) is 5.58. The molecular formula is C15H25N5O2S. The number of amides is 3. The molecule has 1 aromatic heterocycles. The first-order chi connectivity index (χ1) is 11.1. The van der Waals surface area contributed by atoms with Crippen molar-refractivity contribution in [1.29, 1.82) is 0 Å². The van der Waals surface area contributed by atoms with Gasteiger partial charge in [0.15, 0.2) is 0 Å². The van der Waals surface area contributed by atoms with Crippen molar-refractivity contribution < 1.29 is 9.59 Å². The molecule has 1 atom stereocenters. The van der Waals surface area contributed by atoms with Gasteiger partial charge in [0.05, 0.1) is 12.5 Å². The largest absolute Gasteiger partial charge is 0.356 e. The van der Waals surface area contributed by atoms with Crippen molar-refractivity contribution in [3.05, 3.63) is 22.4 Å². The van der Waals surface area contributed by atoms with Gasteiger partial charge < -0.3 is 26.6 Å². The standard InChI is InChI=1S/C15H25N5O2S/c16-15(22)19-12(13-3-1-10-23-13)11-14(21)18-4-2-7-20-8-5-17-6-9-20/h1,3,10,12,17H,2,4-9,11H2,(H,18,21)(H3,16,19,22). The number of hydrogen-bond donors (Lipinski definition) is 4. The molecule has 1 aliphatic heterocycles. The number of primary amides is 1. The molecule has 1 aliphatic rings. The van der Waals surface area contributed by atoms with Gasteiger partial charge in [-0.05, 0) is 24.4 Å². The Balaban J connectivity index is 1.68. The van der Waals surface area contributed by atoms with Crippen LogP contribution in [0.15, 0.2) is 17.5 Å². The molecule has 0 bridgehead atoms. The molecule has 0 radical (unpaired) electrons. The second kappa shape index (κ2) is 9.49. The van der Waals surface area contributed by atoms with Crippen LogP contribution in [0.3, 0.4) is 0 Å². The van der Waals surface area contributed by atoms with Gasteiger partial charge in [-0.1, -0.05) is 6.07 Å². The van der Waals surface area contributed by atoms with Gasteiger partial charge in [0.1, 0.15) is 0 Å². The predicted molar refractivity (Wildman–Crippen MR) is 91.3 cm³/mol. The van der Waals surface area contributed by atoms with E-state index in [1.807, 2.05) is 17.5 Å². The van der Waals surface area contributed by atoms with Crippen molar-refractivity contribution in [2.75, 3.05) is 39.3 Å². The van der Waals surface area contributed by atoms with Crippen molar-refractivity contribution in [2.45, 2.75) is 18.9 Å². The van der Waals surface area contributed by atoms with Crippen LogP contribution in [-0.2, 0) is 4.79 Å². The predicted octanol–water partition coefficient (Wildman–Crippen LogP) is 0.259. The summed E-state index contributed by atoms with van der Waals surface area (Å²) >= 11 is 1.50. The van der Waals surface area contributed by atoms with Crippen LogP contribution in [0.25, 0.3) is 0 Å². The maximum absolute atomic E-state index is 12.1. The van der Waals surface area contributed by atoms with E-state index in [4.69, 9.17) is 5.73 Å². The molecule has 2 rings (SSSR count). The molecule has 5 N–H and O–H groups in total. The highest BCUT2D eigenvalue weighted by atomic mass is 32.1. The highest BCUT2D eigenvalue weighted by Gasteiger charge is 2.18. The molecule has 0 aromatic carbocycles. The zero-order chi connectivity index (χ0) is 16.5.